The van der Waals surface area contributed by atoms with Crippen LogP contribution >= 0.6 is 11.3 Å². The van der Waals surface area contributed by atoms with Crippen LogP contribution in [0.15, 0.2) is 36.5 Å². The predicted octanol–water partition coefficient (Wildman–Crippen LogP) is 2.75. The van der Waals surface area contributed by atoms with Crippen LogP contribution in [0.3, 0.4) is 0 Å². The molecule has 0 bridgehead atoms. The van der Waals surface area contributed by atoms with Crippen LogP contribution in [-0.4, -0.2) is 24.5 Å². The summed E-state index contributed by atoms with van der Waals surface area (Å²) in [6.07, 6.45) is 3.14. The molecule has 0 unspecified atom stereocenters. The molecular formula is C14H17N3OS. The fourth-order valence-corrected chi connectivity index (χ4v) is 2.51. The molecule has 0 atom stereocenters. The fraction of sp³-hybridized carbons (Fsp3) is 0.286. The number of carbonyl (C=O) groups is 1. The Kier molecular flexibility index (Phi) is 5.06. The molecule has 0 saturated heterocycles. The Labute approximate surface area is 116 Å². The van der Waals surface area contributed by atoms with Crippen molar-refractivity contribution < 1.29 is 4.79 Å². The van der Waals surface area contributed by atoms with Crippen molar-refractivity contribution in [1.29, 1.82) is 0 Å². The van der Waals surface area contributed by atoms with Gasteiger partial charge in [0.25, 0.3) is 0 Å². The monoisotopic (exact) mass is 275 g/mol. The number of nitrogens with zero attached hydrogens (tertiary/aromatic N) is 1. The summed E-state index contributed by atoms with van der Waals surface area (Å²) in [6, 6.07) is 10.0. The minimum atomic E-state index is 0.0178. The molecule has 4 nitrogen and oxygen atoms in total. The van der Waals surface area contributed by atoms with Crippen LogP contribution in [0, 0.1) is 0 Å². The summed E-state index contributed by atoms with van der Waals surface area (Å²) in [7, 11) is 1.88. The molecule has 0 saturated carbocycles. The molecule has 100 valence electrons. The Hall–Kier alpha value is -1.72. The lowest BCUT2D eigenvalue weighted by Gasteiger charge is -2.00. The number of anilines is 1. The SMILES string of the molecule is CNCCCC(=O)Nc1ncc(-c2ccccc2)s1. The average molecular weight is 275 g/mol. The zero-order chi connectivity index (χ0) is 13.5. The van der Waals surface area contributed by atoms with E-state index in [2.05, 4.69) is 15.6 Å². The van der Waals surface area contributed by atoms with Crippen LogP contribution in [0.25, 0.3) is 10.4 Å². The third-order valence-corrected chi connectivity index (χ3v) is 3.60. The maximum atomic E-state index is 11.7. The van der Waals surface area contributed by atoms with E-state index in [0.29, 0.717) is 11.6 Å². The first-order valence-electron chi connectivity index (χ1n) is 6.25. The van der Waals surface area contributed by atoms with E-state index in [1.165, 1.54) is 11.3 Å². The number of hydrogen-bond donors (Lipinski definition) is 2. The van der Waals surface area contributed by atoms with Gasteiger partial charge in [-0.15, -0.1) is 0 Å². The highest BCUT2D eigenvalue weighted by atomic mass is 32.1. The maximum Gasteiger partial charge on any atom is 0.226 e. The quantitative estimate of drug-likeness (QED) is 0.797. The number of benzene rings is 1. The van der Waals surface area contributed by atoms with Crippen LogP contribution in [0.5, 0.6) is 0 Å². The number of aromatic nitrogens is 1. The largest absolute Gasteiger partial charge is 0.320 e. The zero-order valence-electron chi connectivity index (χ0n) is 10.8. The number of nitrogens with one attached hydrogen (secondary N) is 2. The Bertz CT molecular complexity index is 524. The van der Waals surface area contributed by atoms with E-state index in [0.717, 1.165) is 23.4 Å². The summed E-state index contributed by atoms with van der Waals surface area (Å²) in [6.45, 7) is 0.848. The maximum absolute atomic E-state index is 11.7. The van der Waals surface area contributed by atoms with Crippen molar-refractivity contribution >= 4 is 22.4 Å². The molecule has 1 amide bonds. The molecule has 1 aromatic carbocycles. The number of rotatable bonds is 6. The lowest BCUT2D eigenvalue weighted by atomic mass is 10.2. The number of thiazole rings is 1. The van der Waals surface area contributed by atoms with Crippen molar-refractivity contribution in [2.45, 2.75) is 12.8 Å². The van der Waals surface area contributed by atoms with E-state index < -0.39 is 0 Å². The molecule has 2 aromatic rings. The Morgan fingerprint density at radius 2 is 2.11 bits per heavy atom. The first-order chi connectivity index (χ1) is 9.29. The highest BCUT2D eigenvalue weighted by Crippen LogP contribution is 2.28. The van der Waals surface area contributed by atoms with Gasteiger partial charge in [0.05, 0.1) is 4.88 Å². The third-order valence-electron chi connectivity index (χ3n) is 2.64. The second-order valence-electron chi connectivity index (χ2n) is 4.15. The van der Waals surface area contributed by atoms with Gasteiger partial charge in [0.15, 0.2) is 5.13 Å². The lowest BCUT2D eigenvalue weighted by molar-refractivity contribution is -0.116. The average Bonchev–Trinajstić information content (AvgIpc) is 2.88. The van der Waals surface area contributed by atoms with Crippen LogP contribution < -0.4 is 10.6 Å². The smallest absolute Gasteiger partial charge is 0.226 e. The third kappa shape index (κ3) is 4.15. The molecule has 0 radical (unpaired) electrons. The second-order valence-corrected chi connectivity index (χ2v) is 5.18. The molecule has 19 heavy (non-hydrogen) atoms. The van der Waals surface area contributed by atoms with Crippen molar-refractivity contribution in [1.82, 2.24) is 10.3 Å². The summed E-state index contributed by atoms with van der Waals surface area (Å²) in [5.74, 6) is 0.0178. The molecule has 1 aromatic heterocycles. The molecule has 2 N–H and O–H groups in total. The number of carbonyl (C=O) groups excluding carboxylic acids is 1. The first kappa shape index (κ1) is 13.7. The number of hydrogen-bond acceptors (Lipinski definition) is 4. The summed E-state index contributed by atoms with van der Waals surface area (Å²) in [5, 5.41) is 6.51. The molecule has 0 aliphatic carbocycles. The van der Waals surface area contributed by atoms with Crippen LogP contribution in [0.4, 0.5) is 5.13 Å². The standard InChI is InChI=1S/C14H17N3OS/c1-15-9-5-8-13(18)17-14-16-10-12(19-14)11-6-3-2-4-7-11/h2-4,6-7,10,15H,5,8-9H2,1H3,(H,16,17,18). The van der Waals surface area contributed by atoms with Crippen molar-refractivity contribution in [3.8, 4) is 10.4 Å². The molecular weight excluding hydrogens is 258 g/mol. The lowest BCUT2D eigenvalue weighted by Crippen LogP contribution is -2.14. The van der Waals surface area contributed by atoms with Gasteiger partial charge >= 0.3 is 0 Å². The summed E-state index contributed by atoms with van der Waals surface area (Å²) in [5.41, 5.74) is 1.12. The van der Waals surface area contributed by atoms with Gasteiger partial charge in [0.2, 0.25) is 5.91 Å². The van der Waals surface area contributed by atoms with E-state index in [9.17, 15) is 4.79 Å². The van der Waals surface area contributed by atoms with E-state index in [-0.39, 0.29) is 5.91 Å². The van der Waals surface area contributed by atoms with Gasteiger partial charge in [0.1, 0.15) is 0 Å². The molecule has 5 heteroatoms. The highest BCUT2D eigenvalue weighted by Gasteiger charge is 2.07. The van der Waals surface area contributed by atoms with Gasteiger partial charge in [0, 0.05) is 12.6 Å². The second kappa shape index (κ2) is 7.01. The van der Waals surface area contributed by atoms with Crippen molar-refractivity contribution in [3.05, 3.63) is 36.5 Å². The van der Waals surface area contributed by atoms with Gasteiger partial charge in [-0.3, -0.25) is 4.79 Å². The van der Waals surface area contributed by atoms with Gasteiger partial charge in [-0.05, 0) is 25.6 Å². The molecule has 1 heterocycles. The van der Waals surface area contributed by atoms with E-state index in [4.69, 9.17) is 0 Å². The van der Waals surface area contributed by atoms with Gasteiger partial charge < -0.3 is 10.6 Å². The van der Waals surface area contributed by atoms with Gasteiger partial charge in [-0.1, -0.05) is 41.7 Å². The minimum absolute atomic E-state index is 0.0178. The van der Waals surface area contributed by atoms with Gasteiger partial charge in [-0.2, -0.15) is 0 Å². The number of amides is 1. The normalized spacial score (nSPS) is 10.4. The molecule has 0 aliphatic heterocycles. The van der Waals surface area contributed by atoms with Crippen LogP contribution in [-0.2, 0) is 4.79 Å². The molecule has 0 fully saturated rings. The van der Waals surface area contributed by atoms with E-state index in [1.54, 1.807) is 6.20 Å². The first-order valence-corrected chi connectivity index (χ1v) is 7.07. The molecule has 0 spiro atoms. The topological polar surface area (TPSA) is 54.0 Å². The summed E-state index contributed by atoms with van der Waals surface area (Å²) in [4.78, 5) is 17.0. The van der Waals surface area contributed by atoms with E-state index >= 15 is 0 Å². The Balaban J connectivity index is 1.93. The fourth-order valence-electron chi connectivity index (χ4n) is 1.68. The molecule has 0 aliphatic rings. The minimum Gasteiger partial charge on any atom is -0.320 e. The summed E-state index contributed by atoms with van der Waals surface area (Å²) < 4.78 is 0. The van der Waals surface area contributed by atoms with Crippen LogP contribution in [0.1, 0.15) is 12.8 Å². The summed E-state index contributed by atoms with van der Waals surface area (Å²) >= 11 is 1.49. The van der Waals surface area contributed by atoms with Crippen molar-refractivity contribution in [2.75, 3.05) is 18.9 Å². The van der Waals surface area contributed by atoms with E-state index in [1.807, 2.05) is 37.4 Å². The van der Waals surface area contributed by atoms with Gasteiger partial charge in [-0.25, -0.2) is 4.98 Å². The molecule has 2 rings (SSSR count). The zero-order valence-corrected chi connectivity index (χ0v) is 11.7. The van der Waals surface area contributed by atoms with Crippen LogP contribution in [0.2, 0.25) is 0 Å². The Morgan fingerprint density at radius 3 is 2.84 bits per heavy atom. The highest BCUT2D eigenvalue weighted by molar-refractivity contribution is 7.19. The Morgan fingerprint density at radius 1 is 1.32 bits per heavy atom. The predicted molar refractivity (Wildman–Crippen MR) is 79.3 cm³/mol. The van der Waals surface area contributed by atoms with Crippen molar-refractivity contribution in [3.63, 3.8) is 0 Å². The van der Waals surface area contributed by atoms with Crippen molar-refractivity contribution in [2.24, 2.45) is 0 Å².